The average molecular weight is 616 g/mol. The number of anilines is 2. The second kappa shape index (κ2) is 11.3. The van der Waals surface area contributed by atoms with Crippen molar-refractivity contribution in [2.75, 3.05) is 29.9 Å². The van der Waals surface area contributed by atoms with Crippen LogP contribution in [0, 0.1) is 17.2 Å². The van der Waals surface area contributed by atoms with Crippen LogP contribution in [0.5, 0.6) is 0 Å². The summed E-state index contributed by atoms with van der Waals surface area (Å²) >= 11 is 0. The third-order valence-electron chi connectivity index (χ3n) is 7.87. The molecule has 0 radical (unpaired) electrons. The molecule has 4 aromatic heterocycles. The van der Waals surface area contributed by atoms with E-state index in [0.29, 0.717) is 47.8 Å². The number of nitrogens with zero attached hydrogens (tertiary/aromatic N) is 8. The third-order valence-corrected chi connectivity index (χ3v) is 7.87. The molecule has 0 aliphatic carbocycles. The molecule has 5 heterocycles. The van der Waals surface area contributed by atoms with Crippen molar-refractivity contribution in [1.29, 1.82) is 0 Å². The first-order valence-electron chi connectivity index (χ1n) is 14.3. The van der Waals surface area contributed by atoms with Gasteiger partial charge in [-0.15, -0.1) is 0 Å². The highest BCUT2D eigenvalue weighted by molar-refractivity contribution is 6.03. The number of carboxylic acid groups (broad SMARTS) is 1. The maximum atomic E-state index is 13.9. The molecular formula is C31H31F2N9O3. The van der Waals surface area contributed by atoms with E-state index in [2.05, 4.69) is 20.2 Å². The summed E-state index contributed by atoms with van der Waals surface area (Å²) in [6.07, 6.45) is 1.79. The van der Waals surface area contributed by atoms with E-state index >= 15 is 0 Å². The van der Waals surface area contributed by atoms with Crippen LogP contribution >= 0.6 is 0 Å². The minimum Gasteiger partial charge on any atom is -0.465 e. The standard InChI is InChI=1S/C31H31F2N9O3/c1-31(2,3)22-16-40(13-14-41(22)30(44)45)29-26(27(38-39(29)4)18-5-7-20(32)8-6-18)21-9-10-25-35-24(17-42(25)37-21)36-28(43)19-11-12-34-23(33)15-19/h5-12,15,17,22H,13-14,16H2,1-4H3,(H,36,43)(H,44,45). The second-order valence-corrected chi connectivity index (χ2v) is 12.0. The molecule has 12 nitrogen and oxygen atoms in total. The van der Waals surface area contributed by atoms with Gasteiger partial charge in [0.05, 0.1) is 23.5 Å². The molecule has 1 aliphatic heterocycles. The van der Waals surface area contributed by atoms with Crippen LogP contribution in [0.4, 0.5) is 25.2 Å². The van der Waals surface area contributed by atoms with Crippen molar-refractivity contribution in [3.63, 3.8) is 0 Å². The molecule has 45 heavy (non-hydrogen) atoms. The maximum absolute atomic E-state index is 13.9. The Hall–Kier alpha value is -5.40. The van der Waals surface area contributed by atoms with Crippen LogP contribution in [0.25, 0.3) is 28.2 Å². The molecule has 0 saturated carbocycles. The maximum Gasteiger partial charge on any atom is 0.407 e. The monoisotopic (exact) mass is 615 g/mol. The summed E-state index contributed by atoms with van der Waals surface area (Å²) < 4.78 is 30.7. The smallest absolute Gasteiger partial charge is 0.407 e. The quantitative estimate of drug-likeness (QED) is 0.266. The van der Waals surface area contributed by atoms with Crippen molar-refractivity contribution in [1.82, 2.24) is 34.3 Å². The summed E-state index contributed by atoms with van der Waals surface area (Å²) in [7, 11) is 1.81. The zero-order chi connectivity index (χ0) is 32.0. The van der Waals surface area contributed by atoms with Crippen LogP contribution in [0.1, 0.15) is 31.1 Å². The van der Waals surface area contributed by atoms with Crippen LogP contribution in [0.15, 0.2) is 60.9 Å². The predicted molar refractivity (Wildman–Crippen MR) is 163 cm³/mol. The summed E-state index contributed by atoms with van der Waals surface area (Å²) in [5.41, 5.74) is 2.65. The molecule has 1 unspecified atom stereocenters. The molecule has 0 spiro atoms. The van der Waals surface area contributed by atoms with Crippen molar-refractivity contribution in [2.24, 2.45) is 12.5 Å². The highest BCUT2D eigenvalue weighted by atomic mass is 19.1. The number of benzene rings is 1. The van der Waals surface area contributed by atoms with E-state index in [1.807, 2.05) is 27.8 Å². The molecule has 2 amide bonds. The molecule has 6 rings (SSSR count). The summed E-state index contributed by atoms with van der Waals surface area (Å²) in [5, 5.41) is 22.2. The fourth-order valence-corrected chi connectivity index (χ4v) is 5.68. The fourth-order valence-electron chi connectivity index (χ4n) is 5.68. The minimum atomic E-state index is -0.962. The van der Waals surface area contributed by atoms with Crippen molar-refractivity contribution < 1.29 is 23.5 Å². The van der Waals surface area contributed by atoms with Gasteiger partial charge in [0.15, 0.2) is 11.5 Å². The van der Waals surface area contributed by atoms with Gasteiger partial charge in [0.1, 0.15) is 17.3 Å². The number of piperazine rings is 1. The van der Waals surface area contributed by atoms with Crippen molar-refractivity contribution >= 4 is 29.3 Å². The van der Waals surface area contributed by atoms with Gasteiger partial charge in [-0.05, 0) is 47.9 Å². The van der Waals surface area contributed by atoms with Crippen LogP contribution < -0.4 is 10.2 Å². The Balaban J connectivity index is 1.42. The SMILES string of the molecule is Cn1nc(-c2ccc(F)cc2)c(-c2ccc3nc(NC(=O)c4ccnc(F)c4)cn3n2)c1N1CCN(C(=O)O)C(C(C)(C)C)C1. The number of fused-ring (bicyclic) bond motifs is 1. The van der Waals surface area contributed by atoms with Crippen LogP contribution in [0.2, 0.25) is 0 Å². The van der Waals surface area contributed by atoms with Crippen LogP contribution in [-0.4, -0.2) is 77.0 Å². The number of hydrogen-bond acceptors (Lipinski definition) is 7. The number of imidazole rings is 1. The molecule has 2 N–H and O–H groups in total. The lowest BCUT2D eigenvalue weighted by molar-refractivity contribution is 0.0745. The number of amides is 2. The summed E-state index contributed by atoms with van der Waals surface area (Å²) in [5.74, 6) is -0.761. The normalized spacial score (nSPS) is 15.5. The molecule has 1 atom stereocenters. The molecule has 1 aliphatic rings. The van der Waals surface area contributed by atoms with E-state index in [1.54, 1.807) is 35.1 Å². The lowest BCUT2D eigenvalue weighted by Gasteiger charge is -2.46. The first-order chi connectivity index (χ1) is 21.4. The zero-order valence-electron chi connectivity index (χ0n) is 25.1. The largest absolute Gasteiger partial charge is 0.465 e. The van der Waals surface area contributed by atoms with E-state index in [9.17, 15) is 23.5 Å². The fraction of sp³-hybridized carbons (Fsp3) is 0.290. The molecule has 1 aromatic carbocycles. The Bertz CT molecular complexity index is 1910. The van der Waals surface area contributed by atoms with E-state index in [-0.39, 0.29) is 28.7 Å². The minimum absolute atomic E-state index is 0.0914. The van der Waals surface area contributed by atoms with Gasteiger partial charge in [-0.1, -0.05) is 20.8 Å². The summed E-state index contributed by atoms with van der Waals surface area (Å²) in [4.78, 5) is 36.3. The second-order valence-electron chi connectivity index (χ2n) is 12.0. The van der Waals surface area contributed by atoms with Gasteiger partial charge in [-0.25, -0.2) is 23.7 Å². The highest BCUT2D eigenvalue weighted by Crippen LogP contribution is 2.40. The Morgan fingerprint density at radius 2 is 1.78 bits per heavy atom. The molecular weight excluding hydrogens is 584 g/mol. The lowest BCUT2D eigenvalue weighted by atomic mass is 9.84. The number of carbonyl (C=O) groups is 2. The molecule has 14 heteroatoms. The van der Waals surface area contributed by atoms with Gasteiger partial charge in [0.2, 0.25) is 5.95 Å². The highest BCUT2D eigenvalue weighted by Gasteiger charge is 2.40. The van der Waals surface area contributed by atoms with E-state index < -0.39 is 17.9 Å². The number of pyridine rings is 1. The van der Waals surface area contributed by atoms with Crippen LogP contribution in [-0.2, 0) is 7.05 Å². The van der Waals surface area contributed by atoms with Crippen molar-refractivity contribution in [2.45, 2.75) is 26.8 Å². The number of rotatable bonds is 5. The van der Waals surface area contributed by atoms with E-state index in [0.717, 1.165) is 11.9 Å². The van der Waals surface area contributed by atoms with Gasteiger partial charge in [-0.2, -0.15) is 14.6 Å². The van der Waals surface area contributed by atoms with Crippen LogP contribution in [0.3, 0.4) is 0 Å². The van der Waals surface area contributed by atoms with Gasteiger partial charge < -0.3 is 20.2 Å². The number of hydrogen-bond donors (Lipinski definition) is 2. The topological polar surface area (TPSA) is 134 Å². The Kier molecular flexibility index (Phi) is 7.43. The summed E-state index contributed by atoms with van der Waals surface area (Å²) in [6, 6.07) is 11.7. The molecule has 0 bridgehead atoms. The van der Waals surface area contributed by atoms with Gasteiger partial charge in [-0.3, -0.25) is 9.48 Å². The van der Waals surface area contributed by atoms with Crippen molar-refractivity contribution in [3.05, 3.63) is 78.3 Å². The van der Waals surface area contributed by atoms with Gasteiger partial charge >= 0.3 is 6.09 Å². The first kappa shape index (κ1) is 29.7. The summed E-state index contributed by atoms with van der Waals surface area (Å²) in [6.45, 7) is 7.19. The molecule has 1 saturated heterocycles. The number of nitrogens with one attached hydrogen (secondary N) is 1. The zero-order valence-corrected chi connectivity index (χ0v) is 25.1. The van der Waals surface area contributed by atoms with Crippen molar-refractivity contribution in [3.8, 4) is 22.5 Å². The number of aryl methyl sites for hydroxylation is 1. The number of aromatic nitrogens is 6. The first-order valence-corrected chi connectivity index (χ1v) is 14.3. The van der Waals surface area contributed by atoms with Gasteiger partial charge in [0.25, 0.3) is 5.91 Å². The lowest BCUT2D eigenvalue weighted by Crippen LogP contribution is -2.59. The Labute approximate surface area is 256 Å². The van der Waals surface area contributed by atoms with E-state index in [4.69, 9.17) is 10.2 Å². The molecule has 1 fully saturated rings. The predicted octanol–water partition coefficient (Wildman–Crippen LogP) is 4.94. The third kappa shape index (κ3) is 5.78. The average Bonchev–Trinajstić information content (AvgIpc) is 3.56. The molecule has 5 aromatic rings. The van der Waals surface area contributed by atoms with Gasteiger partial charge in [0, 0.05) is 50.1 Å². The number of carbonyl (C=O) groups excluding carboxylic acids is 1. The Morgan fingerprint density at radius 1 is 1.02 bits per heavy atom. The van der Waals surface area contributed by atoms with E-state index in [1.165, 1.54) is 33.8 Å². The molecule has 232 valence electrons. The Morgan fingerprint density at radius 3 is 2.47 bits per heavy atom. The number of halogens is 2.